The maximum atomic E-state index is 5.91. The first-order valence-electron chi connectivity index (χ1n) is 7.27. The summed E-state index contributed by atoms with van der Waals surface area (Å²) in [7, 11) is 0. The molecule has 0 aromatic heterocycles. The Balaban J connectivity index is 1.73. The highest BCUT2D eigenvalue weighted by Crippen LogP contribution is 2.18. The van der Waals surface area contributed by atoms with Crippen molar-refractivity contribution in [3.63, 3.8) is 0 Å². The van der Waals surface area contributed by atoms with Gasteiger partial charge < -0.3 is 10.1 Å². The van der Waals surface area contributed by atoms with Crippen LogP contribution in [0.1, 0.15) is 45.1 Å². The molecule has 1 aliphatic carbocycles. The van der Waals surface area contributed by atoms with Gasteiger partial charge in [-0.2, -0.15) is 0 Å². The van der Waals surface area contributed by atoms with Gasteiger partial charge in [0, 0.05) is 12.6 Å². The fourth-order valence-electron chi connectivity index (χ4n) is 2.54. The first-order valence-corrected chi connectivity index (χ1v) is 7.27. The van der Waals surface area contributed by atoms with Crippen LogP contribution in [0.2, 0.25) is 0 Å². The lowest BCUT2D eigenvalue weighted by atomic mass is 10.2. The molecular formula is C16H25NO. The predicted molar refractivity (Wildman–Crippen MR) is 76.2 cm³/mol. The Labute approximate surface area is 111 Å². The number of rotatable bonds is 6. The second-order valence-electron chi connectivity index (χ2n) is 5.32. The highest BCUT2D eigenvalue weighted by Gasteiger charge is 2.15. The molecule has 2 nitrogen and oxygen atoms in total. The molecule has 100 valence electrons. The maximum Gasteiger partial charge on any atom is 0.119 e. The van der Waals surface area contributed by atoms with Gasteiger partial charge in [-0.05, 0) is 43.9 Å². The van der Waals surface area contributed by atoms with Crippen LogP contribution in [-0.2, 0) is 6.42 Å². The first-order chi connectivity index (χ1) is 8.78. The van der Waals surface area contributed by atoms with Gasteiger partial charge in [0.1, 0.15) is 11.9 Å². The van der Waals surface area contributed by atoms with Crippen LogP contribution in [0.3, 0.4) is 0 Å². The van der Waals surface area contributed by atoms with Gasteiger partial charge in [0.25, 0.3) is 0 Å². The van der Waals surface area contributed by atoms with Crippen LogP contribution in [0, 0.1) is 0 Å². The van der Waals surface area contributed by atoms with Crippen molar-refractivity contribution in [1.29, 1.82) is 0 Å². The number of nitrogens with one attached hydrogen (secondary N) is 1. The fraction of sp³-hybridized carbons (Fsp3) is 0.625. The second kappa shape index (κ2) is 6.79. The highest BCUT2D eigenvalue weighted by molar-refractivity contribution is 5.27. The Morgan fingerprint density at radius 1 is 1.22 bits per heavy atom. The lowest BCUT2D eigenvalue weighted by molar-refractivity contribution is 0.211. The average molecular weight is 247 g/mol. The summed E-state index contributed by atoms with van der Waals surface area (Å²) < 4.78 is 5.91. The van der Waals surface area contributed by atoms with Crippen LogP contribution in [-0.4, -0.2) is 18.7 Å². The SMILES string of the molecule is CCc1ccc(OC(C)CNC2CCCC2)cc1. The minimum Gasteiger partial charge on any atom is -0.489 e. The van der Waals surface area contributed by atoms with Crippen LogP contribution >= 0.6 is 0 Å². The standard InChI is InChI=1S/C16H25NO/c1-3-14-8-10-16(11-9-14)18-13(2)12-17-15-6-4-5-7-15/h8-11,13,15,17H,3-7,12H2,1-2H3. The van der Waals surface area contributed by atoms with Crippen LogP contribution in [0.25, 0.3) is 0 Å². The van der Waals surface area contributed by atoms with E-state index in [2.05, 4.69) is 43.4 Å². The Morgan fingerprint density at radius 2 is 1.89 bits per heavy atom. The van der Waals surface area contributed by atoms with Crippen molar-refractivity contribution in [3.05, 3.63) is 29.8 Å². The fourth-order valence-corrected chi connectivity index (χ4v) is 2.54. The van der Waals surface area contributed by atoms with Crippen LogP contribution in [0.15, 0.2) is 24.3 Å². The molecule has 1 aromatic carbocycles. The van der Waals surface area contributed by atoms with Gasteiger partial charge in [-0.1, -0.05) is 31.9 Å². The molecule has 0 saturated heterocycles. The summed E-state index contributed by atoms with van der Waals surface area (Å²) in [5, 5.41) is 3.60. The molecule has 0 spiro atoms. The molecule has 1 aromatic rings. The van der Waals surface area contributed by atoms with E-state index in [-0.39, 0.29) is 6.10 Å². The third kappa shape index (κ3) is 4.02. The zero-order valence-corrected chi connectivity index (χ0v) is 11.6. The Hall–Kier alpha value is -1.02. The molecule has 1 fully saturated rings. The first kappa shape index (κ1) is 13.4. The Bertz CT molecular complexity index is 341. The van der Waals surface area contributed by atoms with E-state index < -0.39 is 0 Å². The van der Waals surface area contributed by atoms with Gasteiger partial charge in [-0.25, -0.2) is 0 Å². The van der Waals surface area contributed by atoms with E-state index in [1.807, 2.05) is 0 Å². The van der Waals surface area contributed by atoms with Crippen molar-refractivity contribution >= 4 is 0 Å². The Morgan fingerprint density at radius 3 is 2.50 bits per heavy atom. The molecule has 1 N–H and O–H groups in total. The van der Waals surface area contributed by atoms with Crippen molar-refractivity contribution in [2.45, 2.75) is 58.1 Å². The molecule has 1 aliphatic rings. The molecule has 2 rings (SSSR count). The minimum atomic E-state index is 0.234. The van der Waals surface area contributed by atoms with Gasteiger partial charge in [-0.15, -0.1) is 0 Å². The van der Waals surface area contributed by atoms with Gasteiger partial charge in [-0.3, -0.25) is 0 Å². The molecule has 0 heterocycles. The molecule has 1 saturated carbocycles. The Kier molecular flexibility index (Phi) is 5.06. The summed E-state index contributed by atoms with van der Waals surface area (Å²) in [6, 6.07) is 9.16. The lowest BCUT2D eigenvalue weighted by Gasteiger charge is -2.18. The van der Waals surface area contributed by atoms with Crippen molar-refractivity contribution in [2.24, 2.45) is 0 Å². The van der Waals surface area contributed by atoms with E-state index in [4.69, 9.17) is 4.74 Å². The van der Waals surface area contributed by atoms with Crippen molar-refractivity contribution in [3.8, 4) is 5.75 Å². The predicted octanol–water partition coefficient (Wildman–Crippen LogP) is 3.55. The van der Waals surface area contributed by atoms with Crippen LogP contribution in [0.4, 0.5) is 0 Å². The molecule has 0 amide bonds. The summed E-state index contributed by atoms with van der Waals surface area (Å²) in [6.07, 6.45) is 6.74. The van der Waals surface area contributed by atoms with E-state index in [9.17, 15) is 0 Å². The number of hydrogen-bond donors (Lipinski definition) is 1. The van der Waals surface area contributed by atoms with Crippen molar-refractivity contribution < 1.29 is 4.74 Å². The molecule has 1 atom stereocenters. The minimum absolute atomic E-state index is 0.234. The normalized spacial score (nSPS) is 17.9. The van der Waals surface area contributed by atoms with E-state index in [1.165, 1.54) is 31.2 Å². The smallest absolute Gasteiger partial charge is 0.119 e. The zero-order valence-electron chi connectivity index (χ0n) is 11.6. The van der Waals surface area contributed by atoms with E-state index in [1.54, 1.807) is 0 Å². The summed E-state index contributed by atoms with van der Waals surface area (Å²) in [5.41, 5.74) is 1.36. The maximum absolute atomic E-state index is 5.91. The molecule has 1 unspecified atom stereocenters. The molecule has 0 radical (unpaired) electrons. The van der Waals surface area contributed by atoms with Gasteiger partial charge in [0.05, 0.1) is 0 Å². The van der Waals surface area contributed by atoms with Gasteiger partial charge in [0.2, 0.25) is 0 Å². The lowest BCUT2D eigenvalue weighted by Crippen LogP contribution is -2.35. The quantitative estimate of drug-likeness (QED) is 0.830. The van der Waals surface area contributed by atoms with Gasteiger partial charge >= 0.3 is 0 Å². The number of hydrogen-bond acceptors (Lipinski definition) is 2. The summed E-state index contributed by atoms with van der Waals surface area (Å²) >= 11 is 0. The molecule has 2 heteroatoms. The number of aryl methyl sites for hydroxylation is 1. The molecule has 0 bridgehead atoms. The third-order valence-electron chi connectivity index (χ3n) is 3.72. The summed E-state index contributed by atoms with van der Waals surface area (Å²) in [6.45, 7) is 5.25. The number of benzene rings is 1. The summed E-state index contributed by atoms with van der Waals surface area (Å²) in [5.74, 6) is 0.980. The molecular weight excluding hydrogens is 222 g/mol. The average Bonchev–Trinajstić information content (AvgIpc) is 2.90. The highest BCUT2D eigenvalue weighted by atomic mass is 16.5. The summed E-state index contributed by atoms with van der Waals surface area (Å²) in [4.78, 5) is 0. The zero-order chi connectivity index (χ0) is 12.8. The topological polar surface area (TPSA) is 21.3 Å². The van der Waals surface area contributed by atoms with Gasteiger partial charge in [0.15, 0.2) is 0 Å². The largest absolute Gasteiger partial charge is 0.489 e. The third-order valence-corrected chi connectivity index (χ3v) is 3.72. The van der Waals surface area contributed by atoms with E-state index in [0.29, 0.717) is 0 Å². The number of ether oxygens (including phenoxy) is 1. The van der Waals surface area contributed by atoms with E-state index >= 15 is 0 Å². The molecule has 18 heavy (non-hydrogen) atoms. The van der Waals surface area contributed by atoms with Crippen LogP contribution < -0.4 is 10.1 Å². The molecule has 0 aliphatic heterocycles. The van der Waals surface area contributed by atoms with Crippen molar-refractivity contribution in [2.75, 3.05) is 6.54 Å². The van der Waals surface area contributed by atoms with Crippen molar-refractivity contribution in [1.82, 2.24) is 5.32 Å². The van der Waals surface area contributed by atoms with E-state index in [0.717, 1.165) is 24.8 Å². The monoisotopic (exact) mass is 247 g/mol. The van der Waals surface area contributed by atoms with Crippen LogP contribution in [0.5, 0.6) is 5.75 Å². The second-order valence-corrected chi connectivity index (χ2v) is 5.32.